The summed E-state index contributed by atoms with van der Waals surface area (Å²) in [4.78, 5) is 45.6. The van der Waals surface area contributed by atoms with Gasteiger partial charge in [-0.05, 0) is 146 Å². The summed E-state index contributed by atoms with van der Waals surface area (Å²) in [6.07, 6.45) is 0. The van der Waals surface area contributed by atoms with Gasteiger partial charge in [0.2, 0.25) is 17.8 Å². The fraction of sp³-hybridized carbons (Fsp3) is 0.0250. The highest BCUT2D eigenvalue weighted by atomic mass is 32.1. The monoisotopic (exact) mass is 1730 g/mol. The van der Waals surface area contributed by atoms with Gasteiger partial charge in [0, 0.05) is 108 Å². The number of hydrogen-bond acceptors (Lipinski definition) is 10. The van der Waals surface area contributed by atoms with E-state index in [4.69, 9.17) is 44.9 Å². The Bertz CT molecular complexity index is 9230. The molecule has 1 aliphatic rings. The van der Waals surface area contributed by atoms with Gasteiger partial charge in [-0.15, -0.1) is 11.3 Å². The Hall–Kier alpha value is -17.6. The van der Waals surface area contributed by atoms with E-state index in [1.54, 1.807) is 0 Å². The van der Waals surface area contributed by atoms with E-state index in [0.717, 1.165) is 88.5 Å². The quantitative estimate of drug-likeness (QED) is 0.131. The summed E-state index contributed by atoms with van der Waals surface area (Å²) in [5.74, 6) is 5.69. The molecule has 0 N–H and O–H groups in total. The van der Waals surface area contributed by atoms with Crippen molar-refractivity contribution in [2.45, 2.75) is 19.3 Å². The summed E-state index contributed by atoms with van der Waals surface area (Å²) < 4.78 is 11.6. The average Bonchev–Trinajstić information content (AvgIpc) is 1.55. The Morgan fingerprint density at radius 2 is 0.485 bits per heavy atom. The van der Waals surface area contributed by atoms with Crippen LogP contribution in [0.15, 0.2) is 431 Å². The second-order valence-electron chi connectivity index (χ2n) is 34.8. The molecule has 19 aromatic carbocycles. The van der Waals surface area contributed by atoms with Crippen molar-refractivity contribution < 1.29 is 0 Å². The van der Waals surface area contributed by atoms with E-state index in [2.05, 4.69) is 329 Å². The predicted octanol–water partition coefficient (Wildman–Crippen LogP) is 30.1. The maximum atomic E-state index is 5.18. The van der Waals surface area contributed by atoms with Gasteiger partial charge in [-0.3, -0.25) is 13.7 Å². The number of aromatic nitrogens is 13. The summed E-state index contributed by atoms with van der Waals surface area (Å²) in [5, 5.41) is 19.4. The number of fused-ring (bicyclic) bond motifs is 22. The van der Waals surface area contributed by atoms with Gasteiger partial charge in [-0.1, -0.05) is 354 Å². The molecule has 0 saturated heterocycles. The van der Waals surface area contributed by atoms with E-state index in [9.17, 15) is 0 Å². The lowest BCUT2D eigenvalue weighted by molar-refractivity contribution is 0.661. The molecule has 0 atom stereocenters. The van der Waals surface area contributed by atoms with Gasteiger partial charge in [-0.25, -0.2) is 15.0 Å². The van der Waals surface area contributed by atoms with Crippen molar-refractivity contribution >= 4 is 151 Å². The Kier molecular flexibility index (Phi) is 18.2. The van der Waals surface area contributed by atoms with E-state index >= 15 is 0 Å². The van der Waals surface area contributed by atoms with Crippen molar-refractivity contribution in [3.63, 3.8) is 0 Å². The topological polar surface area (TPSA) is 136 Å². The number of hydrogen-bond donors (Lipinski definition) is 0. The highest BCUT2D eigenvalue weighted by Gasteiger charge is 2.38. The van der Waals surface area contributed by atoms with Crippen LogP contribution in [0.1, 0.15) is 25.0 Å². The summed E-state index contributed by atoms with van der Waals surface area (Å²) >= 11 is 1.85. The fourth-order valence-corrected chi connectivity index (χ4v) is 21.4. The first kappa shape index (κ1) is 77.5. The van der Waals surface area contributed by atoms with Crippen LogP contribution in [0.2, 0.25) is 0 Å². The minimum Gasteiger partial charge on any atom is -0.309 e. The molecule has 0 bridgehead atoms. The standard InChI is InChI=1S/C43H27N5.C40H28N4.C37H22N4S/c1-4-14-28(15-5-1)41-44-42(29-16-6-2-7-17-29)46-43(45-41)48-38-25-31-19-11-10-18-30(31)24-34(38)36-27-39-35(26-40(36)48)33-22-12-13-23-37(33)47(39)32-20-8-3-9-21-32;1-40(2)32-22-21-25-13-9-10-18-28(25)36(32)31-24-35-30(23-33(31)40)29-19-11-12-20-34(29)44(35)39-42-37(26-14-5-3-6-15-26)41-38(43-39)27-16-7-4-8-17-27;1-3-11-23(12-4-1)35-38-36(24-13-5-2-6-14-24)40-37(39-35)41-31-18-10-9-17-27(31)28-22-34-30(21-32(28)41)29-19-25-15-7-8-16-26(25)20-33(29)42-34/h1-27H;3-24H,1-2H3;1-22H. The van der Waals surface area contributed by atoms with Crippen molar-refractivity contribution in [3.8, 4) is 103 Å². The lowest BCUT2D eigenvalue weighted by Crippen LogP contribution is -2.14. The normalized spacial score (nSPS) is 12.3. The molecule has 0 fully saturated rings. The minimum absolute atomic E-state index is 0.125. The molecule has 13 nitrogen and oxygen atoms in total. The molecule has 628 valence electrons. The van der Waals surface area contributed by atoms with E-state index in [-0.39, 0.29) is 5.41 Å². The molecule has 1 aliphatic carbocycles. The summed E-state index contributed by atoms with van der Waals surface area (Å²) in [6, 6.07) is 151. The molecule has 27 aromatic rings. The number of thiophene rings is 1. The van der Waals surface area contributed by atoms with Crippen LogP contribution in [-0.4, -0.2) is 63.1 Å². The molecule has 134 heavy (non-hydrogen) atoms. The Morgan fingerprint density at radius 1 is 0.194 bits per heavy atom. The van der Waals surface area contributed by atoms with Gasteiger partial charge >= 0.3 is 0 Å². The first-order valence-electron chi connectivity index (χ1n) is 45.1. The zero-order chi connectivity index (χ0) is 88.6. The molecule has 0 saturated carbocycles. The second-order valence-corrected chi connectivity index (χ2v) is 35.9. The van der Waals surface area contributed by atoms with Crippen molar-refractivity contribution in [2.75, 3.05) is 0 Å². The zero-order valence-electron chi connectivity index (χ0n) is 72.7. The SMILES string of the molecule is CC1(C)c2cc3c4ccccc4n(-c4nc(-c5ccccc5)nc(-c5ccccc5)n4)c3cc2-c2c1ccc1ccccc21.c1ccc(-c2nc(-c3ccccc3)nc(-n3c4cc5ccccc5cc4c4cc5c(cc43)c3ccccc3n5-c3ccccc3)n2)cc1.c1ccc(-c2nc(-c3ccccc3)nc(-n3c4ccccc4c4cc5sc6cc7ccccc7cc6c5cc43)n2)cc1. The van der Waals surface area contributed by atoms with Gasteiger partial charge in [0.1, 0.15) is 0 Å². The number of para-hydroxylation sites is 4. The lowest BCUT2D eigenvalue weighted by Gasteiger charge is -2.21. The molecule has 0 spiro atoms. The average molecular weight is 1730 g/mol. The smallest absolute Gasteiger partial charge is 0.238 e. The van der Waals surface area contributed by atoms with Crippen LogP contribution >= 0.6 is 11.3 Å². The molecular formula is C120H77N13S. The van der Waals surface area contributed by atoms with Gasteiger partial charge in [0.25, 0.3) is 0 Å². The van der Waals surface area contributed by atoms with E-state index < -0.39 is 0 Å². The van der Waals surface area contributed by atoms with Gasteiger partial charge in [0.05, 0.1) is 44.1 Å². The largest absolute Gasteiger partial charge is 0.309 e. The molecule has 0 unspecified atom stereocenters. The summed E-state index contributed by atoms with van der Waals surface area (Å²) in [7, 11) is 0. The maximum absolute atomic E-state index is 5.18. The van der Waals surface area contributed by atoms with E-state index in [0.29, 0.717) is 52.8 Å². The fourth-order valence-electron chi connectivity index (χ4n) is 20.2. The first-order valence-corrected chi connectivity index (χ1v) is 46.0. The molecule has 0 radical (unpaired) electrons. The third-order valence-electron chi connectivity index (χ3n) is 26.6. The highest BCUT2D eigenvalue weighted by Crippen LogP contribution is 2.54. The Balaban J connectivity index is 0.000000105. The van der Waals surface area contributed by atoms with Crippen molar-refractivity contribution in [3.05, 3.63) is 442 Å². The van der Waals surface area contributed by atoms with Gasteiger partial charge in [0.15, 0.2) is 34.9 Å². The lowest BCUT2D eigenvalue weighted by atomic mass is 9.81. The number of nitrogens with zero attached hydrogens (tertiary/aromatic N) is 13. The van der Waals surface area contributed by atoms with Crippen LogP contribution in [0.25, 0.3) is 243 Å². The maximum Gasteiger partial charge on any atom is 0.238 e. The second kappa shape index (κ2) is 31.4. The van der Waals surface area contributed by atoms with E-state index in [1.807, 2.05) is 145 Å². The van der Waals surface area contributed by atoms with Gasteiger partial charge < -0.3 is 4.57 Å². The molecule has 28 rings (SSSR count). The molecule has 8 heterocycles. The zero-order valence-corrected chi connectivity index (χ0v) is 73.5. The highest BCUT2D eigenvalue weighted by molar-refractivity contribution is 7.26. The Morgan fingerprint density at radius 3 is 0.933 bits per heavy atom. The third-order valence-corrected chi connectivity index (χ3v) is 27.7. The Labute approximate surface area is 772 Å². The molecular weight excluding hydrogens is 1660 g/mol. The van der Waals surface area contributed by atoms with Crippen LogP contribution in [0.5, 0.6) is 0 Å². The van der Waals surface area contributed by atoms with E-state index in [1.165, 1.54) is 113 Å². The number of rotatable bonds is 10. The summed E-state index contributed by atoms with van der Waals surface area (Å²) in [6.45, 7) is 4.70. The van der Waals surface area contributed by atoms with Crippen molar-refractivity contribution in [2.24, 2.45) is 0 Å². The molecule has 0 aliphatic heterocycles. The third kappa shape index (κ3) is 12.9. The first-order chi connectivity index (χ1) is 66.2. The summed E-state index contributed by atoms with van der Waals surface area (Å²) in [5.41, 5.74) is 20.8. The number of benzene rings is 19. The van der Waals surface area contributed by atoms with Crippen LogP contribution < -0.4 is 0 Å². The predicted molar refractivity (Wildman–Crippen MR) is 552 cm³/mol. The molecule has 0 amide bonds. The van der Waals surface area contributed by atoms with Crippen LogP contribution in [0.4, 0.5) is 0 Å². The van der Waals surface area contributed by atoms with Crippen molar-refractivity contribution in [1.82, 2.24) is 63.1 Å². The molecule has 14 heteroatoms. The molecule has 8 aromatic heterocycles. The van der Waals surface area contributed by atoms with Crippen molar-refractivity contribution in [1.29, 1.82) is 0 Å². The van der Waals surface area contributed by atoms with Crippen LogP contribution in [-0.2, 0) is 5.41 Å². The van der Waals surface area contributed by atoms with Crippen LogP contribution in [0.3, 0.4) is 0 Å². The van der Waals surface area contributed by atoms with Gasteiger partial charge in [-0.2, -0.15) is 29.9 Å². The minimum atomic E-state index is -0.125. The van der Waals surface area contributed by atoms with Crippen LogP contribution in [0, 0.1) is 0 Å².